The minimum absolute atomic E-state index is 0.181. The van der Waals surface area contributed by atoms with E-state index in [1.54, 1.807) is 7.11 Å². The molecule has 0 radical (unpaired) electrons. The smallest absolute Gasteiger partial charge is 0.169 e. The van der Waals surface area contributed by atoms with Gasteiger partial charge in [0.05, 0.1) is 12.2 Å². The molecule has 3 nitrogen and oxygen atoms in total. The molecular formula is C16H22O3. The van der Waals surface area contributed by atoms with Gasteiger partial charge in [0.25, 0.3) is 0 Å². The molecule has 0 saturated heterocycles. The number of rotatable bonds is 6. The molecule has 0 heterocycles. The highest BCUT2D eigenvalue weighted by Crippen LogP contribution is 2.30. The predicted octanol–water partition coefficient (Wildman–Crippen LogP) is 3.47. The second kappa shape index (κ2) is 7.29. The summed E-state index contributed by atoms with van der Waals surface area (Å²) in [6.07, 6.45) is 5.64. The molecule has 0 bridgehead atoms. The van der Waals surface area contributed by atoms with Crippen molar-refractivity contribution >= 4 is 5.78 Å². The third-order valence-electron chi connectivity index (χ3n) is 3.67. The van der Waals surface area contributed by atoms with Crippen molar-refractivity contribution < 1.29 is 14.3 Å². The van der Waals surface area contributed by atoms with Gasteiger partial charge in [0, 0.05) is 13.0 Å². The number of carbonyl (C=O) groups excluding carboxylic acids is 1. The van der Waals surface area contributed by atoms with Gasteiger partial charge in [0.1, 0.15) is 12.4 Å². The van der Waals surface area contributed by atoms with Crippen molar-refractivity contribution in [1.29, 1.82) is 0 Å². The van der Waals surface area contributed by atoms with E-state index in [1.165, 1.54) is 19.3 Å². The zero-order valence-corrected chi connectivity index (χ0v) is 11.6. The van der Waals surface area contributed by atoms with Crippen molar-refractivity contribution in [3.63, 3.8) is 0 Å². The number of Topliss-reactive ketones (excluding diaryl/α,β-unsaturated/α-hetero) is 1. The molecule has 0 unspecified atom stereocenters. The van der Waals surface area contributed by atoms with Crippen LogP contribution >= 0.6 is 0 Å². The van der Waals surface area contributed by atoms with E-state index >= 15 is 0 Å². The molecule has 1 aliphatic carbocycles. The maximum Gasteiger partial charge on any atom is 0.169 e. The second-order valence-corrected chi connectivity index (χ2v) is 5.04. The lowest BCUT2D eigenvalue weighted by Crippen LogP contribution is -2.19. The van der Waals surface area contributed by atoms with E-state index < -0.39 is 0 Å². The molecule has 3 heteroatoms. The highest BCUT2D eigenvalue weighted by molar-refractivity contribution is 6.00. The first-order chi connectivity index (χ1) is 9.33. The quantitative estimate of drug-likeness (QED) is 0.581. The van der Waals surface area contributed by atoms with E-state index in [0.29, 0.717) is 19.0 Å². The van der Waals surface area contributed by atoms with Gasteiger partial charge in [0.2, 0.25) is 0 Å². The Morgan fingerprint density at radius 2 is 1.89 bits per heavy atom. The van der Waals surface area contributed by atoms with Crippen LogP contribution in [0.4, 0.5) is 0 Å². The average molecular weight is 262 g/mol. The fourth-order valence-corrected chi connectivity index (χ4v) is 2.62. The first kappa shape index (κ1) is 14.1. The molecule has 1 fully saturated rings. The van der Waals surface area contributed by atoms with Crippen LogP contribution in [-0.2, 0) is 4.74 Å². The Labute approximate surface area is 114 Å². The Kier molecular flexibility index (Phi) is 5.40. The fourth-order valence-electron chi connectivity index (χ4n) is 2.62. The molecular weight excluding hydrogens is 240 g/mol. The number of ether oxygens (including phenoxy) is 2. The summed E-state index contributed by atoms with van der Waals surface area (Å²) < 4.78 is 10.6. The van der Waals surface area contributed by atoms with Gasteiger partial charge < -0.3 is 9.47 Å². The van der Waals surface area contributed by atoms with Gasteiger partial charge in [-0.25, -0.2) is 0 Å². The van der Waals surface area contributed by atoms with Crippen LogP contribution in [0.15, 0.2) is 24.3 Å². The summed E-state index contributed by atoms with van der Waals surface area (Å²) in [5.41, 5.74) is 0.727. The molecule has 0 amide bonds. The molecule has 1 saturated carbocycles. The number of carbonyl (C=O) groups is 1. The number of hydrogen-bond donors (Lipinski definition) is 0. The van der Waals surface area contributed by atoms with Crippen LogP contribution in [0.25, 0.3) is 0 Å². The van der Waals surface area contributed by atoms with Crippen LogP contribution in [-0.4, -0.2) is 26.1 Å². The van der Waals surface area contributed by atoms with Crippen molar-refractivity contribution in [3.05, 3.63) is 29.8 Å². The monoisotopic (exact) mass is 262 g/mol. The standard InChI is InChI=1S/C16H22O3/c1-18-11-12-19-15-10-6-5-9-14(15)16(17)13-7-3-2-4-8-13/h5-6,9-10,13H,2-4,7-8,11-12H2,1H3. The largest absolute Gasteiger partial charge is 0.490 e. The second-order valence-electron chi connectivity index (χ2n) is 5.04. The Balaban J connectivity index is 2.07. The summed E-state index contributed by atoms with van der Waals surface area (Å²) in [7, 11) is 1.64. The molecule has 0 atom stereocenters. The zero-order valence-electron chi connectivity index (χ0n) is 11.6. The third-order valence-corrected chi connectivity index (χ3v) is 3.67. The SMILES string of the molecule is COCCOc1ccccc1C(=O)C1CCCCC1. The highest BCUT2D eigenvalue weighted by atomic mass is 16.5. The molecule has 1 aromatic carbocycles. The zero-order chi connectivity index (χ0) is 13.5. The van der Waals surface area contributed by atoms with E-state index in [0.717, 1.165) is 18.4 Å². The van der Waals surface area contributed by atoms with Gasteiger partial charge in [-0.15, -0.1) is 0 Å². The molecule has 104 valence electrons. The van der Waals surface area contributed by atoms with Crippen LogP contribution in [0.2, 0.25) is 0 Å². The van der Waals surface area contributed by atoms with E-state index in [1.807, 2.05) is 24.3 Å². The minimum atomic E-state index is 0.181. The summed E-state index contributed by atoms with van der Waals surface area (Å²) in [6.45, 7) is 1.01. The van der Waals surface area contributed by atoms with Gasteiger partial charge in [-0.3, -0.25) is 4.79 Å². The Morgan fingerprint density at radius 1 is 1.16 bits per heavy atom. The van der Waals surface area contributed by atoms with E-state index in [2.05, 4.69) is 0 Å². The first-order valence-corrected chi connectivity index (χ1v) is 7.08. The van der Waals surface area contributed by atoms with Gasteiger partial charge in [-0.1, -0.05) is 31.4 Å². The lowest BCUT2D eigenvalue weighted by atomic mass is 9.83. The highest BCUT2D eigenvalue weighted by Gasteiger charge is 2.24. The molecule has 1 aliphatic rings. The Hall–Kier alpha value is -1.35. The summed E-state index contributed by atoms with van der Waals surface area (Å²) in [6, 6.07) is 7.55. The van der Waals surface area contributed by atoms with Crippen molar-refractivity contribution in [1.82, 2.24) is 0 Å². The summed E-state index contributed by atoms with van der Waals surface area (Å²) >= 11 is 0. The summed E-state index contributed by atoms with van der Waals surface area (Å²) in [5.74, 6) is 1.11. The number of ketones is 1. The predicted molar refractivity (Wildman–Crippen MR) is 74.7 cm³/mol. The van der Waals surface area contributed by atoms with Crippen LogP contribution in [0, 0.1) is 5.92 Å². The number of hydrogen-bond acceptors (Lipinski definition) is 3. The number of para-hydroxylation sites is 1. The van der Waals surface area contributed by atoms with Crippen molar-refractivity contribution in [3.8, 4) is 5.75 Å². The Bertz CT molecular complexity index is 408. The van der Waals surface area contributed by atoms with Crippen molar-refractivity contribution in [2.45, 2.75) is 32.1 Å². The van der Waals surface area contributed by atoms with Crippen LogP contribution < -0.4 is 4.74 Å². The van der Waals surface area contributed by atoms with Gasteiger partial charge >= 0.3 is 0 Å². The van der Waals surface area contributed by atoms with Gasteiger partial charge in [-0.2, -0.15) is 0 Å². The lowest BCUT2D eigenvalue weighted by molar-refractivity contribution is 0.0882. The average Bonchev–Trinajstić information content (AvgIpc) is 2.48. The maximum atomic E-state index is 12.5. The maximum absolute atomic E-state index is 12.5. The van der Waals surface area contributed by atoms with E-state index in [4.69, 9.17) is 9.47 Å². The van der Waals surface area contributed by atoms with Gasteiger partial charge in [0.15, 0.2) is 5.78 Å². The lowest BCUT2D eigenvalue weighted by Gasteiger charge is -2.21. The number of benzene rings is 1. The minimum Gasteiger partial charge on any atom is -0.490 e. The molecule has 2 rings (SSSR count). The normalized spacial score (nSPS) is 16.3. The molecule has 0 aromatic heterocycles. The third kappa shape index (κ3) is 3.80. The summed E-state index contributed by atoms with van der Waals surface area (Å²) in [5, 5.41) is 0. The first-order valence-electron chi connectivity index (χ1n) is 7.08. The van der Waals surface area contributed by atoms with Crippen molar-refractivity contribution in [2.24, 2.45) is 5.92 Å². The molecule has 1 aromatic rings. The number of methoxy groups -OCH3 is 1. The fraction of sp³-hybridized carbons (Fsp3) is 0.562. The van der Waals surface area contributed by atoms with E-state index in [9.17, 15) is 4.79 Å². The molecule has 0 spiro atoms. The molecule has 0 N–H and O–H groups in total. The molecule has 19 heavy (non-hydrogen) atoms. The van der Waals surface area contributed by atoms with E-state index in [-0.39, 0.29) is 11.7 Å². The van der Waals surface area contributed by atoms with Crippen LogP contribution in [0.5, 0.6) is 5.75 Å². The summed E-state index contributed by atoms with van der Waals surface area (Å²) in [4.78, 5) is 12.5. The van der Waals surface area contributed by atoms with Gasteiger partial charge in [-0.05, 0) is 25.0 Å². The topological polar surface area (TPSA) is 35.5 Å². The van der Waals surface area contributed by atoms with Crippen LogP contribution in [0.3, 0.4) is 0 Å². The van der Waals surface area contributed by atoms with Crippen molar-refractivity contribution in [2.75, 3.05) is 20.3 Å². The molecule has 0 aliphatic heterocycles. The Morgan fingerprint density at radius 3 is 2.63 bits per heavy atom. The van der Waals surface area contributed by atoms with Crippen LogP contribution in [0.1, 0.15) is 42.5 Å².